The van der Waals surface area contributed by atoms with Crippen molar-refractivity contribution < 1.29 is 28.5 Å². The Hall–Kier alpha value is -2.16. The van der Waals surface area contributed by atoms with E-state index in [0.717, 1.165) is 5.56 Å². The number of carbonyl (C=O) groups is 2. The topological polar surface area (TPSA) is 86.3 Å². The summed E-state index contributed by atoms with van der Waals surface area (Å²) in [6.07, 6.45) is -0.624. The molecule has 1 aliphatic rings. The molecule has 0 atom stereocenters. The molecule has 0 radical (unpaired) electrons. The molecule has 2 amide bonds. The van der Waals surface area contributed by atoms with Gasteiger partial charge in [0.1, 0.15) is 13.2 Å². The molecule has 0 aliphatic carbocycles. The molecule has 0 spiro atoms. The molecule has 0 bridgehead atoms. The molecule has 26 heavy (non-hydrogen) atoms. The normalized spacial score (nSPS) is 16.8. The fourth-order valence-corrected chi connectivity index (χ4v) is 2.29. The van der Waals surface area contributed by atoms with Gasteiger partial charge in [-0.15, -0.1) is 0 Å². The summed E-state index contributed by atoms with van der Waals surface area (Å²) in [5, 5.41) is 2.48. The van der Waals surface area contributed by atoms with Crippen molar-refractivity contribution in [3.05, 3.63) is 35.9 Å². The highest BCUT2D eigenvalue weighted by Gasteiger charge is 2.15. The van der Waals surface area contributed by atoms with E-state index < -0.39 is 6.09 Å². The van der Waals surface area contributed by atoms with Crippen molar-refractivity contribution in [1.29, 1.82) is 0 Å². The number of nitrogens with zero attached hydrogens (tertiary/aromatic N) is 1. The number of amides is 2. The standard InChI is InChI=1S/C18H26N2O6/c21-17(14-19-18(22)26-15-16-4-2-1-3-5-16)20-6-8-23-10-12-25-13-11-24-9-7-20/h1-5H,6-15H2,(H,19,22). The Kier molecular flexibility index (Phi) is 9.48. The van der Waals surface area contributed by atoms with Gasteiger partial charge < -0.3 is 29.2 Å². The number of alkyl carbamates (subject to hydrolysis) is 1. The van der Waals surface area contributed by atoms with Crippen LogP contribution in [0.25, 0.3) is 0 Å². The van der Waals surface area contributed by atoms with E-state index >= 15 is 0 Å². The molecular formula is C18H26N2O6. The van der Waals surface area contributed by atoms with Gasteiger partial charge in [0.15, 0.2) is 0 Å². The summed E-state index contributed by atoms with van der Waals surface area (Å²) < 4.78 is 21.3. The lowest BCUT2D eigenvalue weighted by atomic mass is 10.2. The molecule has 1 aromatic carbocycles. The van der Waals surface area contributed by atoms with Crippen molar-refractivity contribution in [3.63, 3.8) is 0 Å². The summed E-state index contributed by atoms with van der Waals surface area (Å²) in [4.78, 5) is 25.7. The molecule has 2 rings (SSSR count). The molecule has 1 fully saturated rings. The summed E-state index contributed by atoms with van der Waals surface area (Å²) in [5.41, 5.74) is 0.885. The lowest BCUT2D eigenvalue weighted by Gasteiger charge is -2.23. The van der Waals surface area contributed by atoms with Crippen LogP contribution >= 0.6 is 0 Å². The van der Waals surface area contributed by atoms with Gasteiger partial charge in [-0.1, -0.05) is 30.3 Å². The highest BCUT2D eigenvalue weighted by molar-refractivity contribution is 5.82. The summed E-state index contributed by atoms with van der Waals surface area (Å²) >= 11 is 0. The van der Waals surface area contributed by atoms with E-state index in [9.17, 15) is 9.59 Å². The monoisotopic (exact) mass is 366 g/mol. The molecule has 1 N–H and O–H groups in total. The SMILES string of the molecule is O=C(NCC(=O)N1CCOCCOCCOCC1)OCc1ccccc1. The summed E-state index contributed by atoms with van der Waals surface area (Å²) in [6.45, 7) is 3.69. The largest absolute Gasteiger partial charge is 0.445 e. The minimum Gasteiger partial charge on any atom is -0.445 e. The number of benzene rings is 1. The van der Waals surface area contributed by atoms with Crippen LogP contribution in [0.3, 0.4) is 0 Å². The van der Waals surface area contributed by atoms with Gasteiger partial charge in [-0.2, -0.15) is 0 Å². The van der Waals surface area contributed by atoms with Gasteiger partial charge in [0.25, 0.3) is 0 Å². The summed E-state index contributed by atoms with van der Waals surface area (Å²) in [6, 6.07) is 9.35. The first kappa shape index (κ1) is 20.2. The Bertz CT molecular complexity index is 528. The van der Waals surface area contributed by atoms with E-state index in [1.54, 1.807) is 4.90 Å². The van der Waals surface area contributed by atoms with E-state index in [2.05, 4.69) is 5.32 Å². The van der Waals surface area contributed by atoms with Gasteiger partial charge in [0.2, 0.25) is 5.91 Å². The Labute approximate surface area is 153 Å². The van der Waals surface area contributed by atoms with Gasteiger partial charge in [0, 0.05) is 13.1 Å². The number of hydrogen-bond donors (Lipinski definition) is 1. The number of nitrogens with one attached hydrogen (secondary N) is 1. The minimum absolute atomic E-state index is 0.128. The number of carbonyl (C=O) groups excluding carboxylic acids is 2. The molecule has 8 heteroatoms. The zero-order chi connectivity index (χ0) is 18.5. The zero-order valence-electron chi connectivity index (χ0n) is 14.9. The molecule has 0 aromatic heterocycles. The Morgan fingerprint density at radius 2 is 1.50 bits per heavy atom. The molecule has 1 aliphatic heterocycles. The second-order valence-electron chi connectivity index (χ2n) is 5.63. The quantitative estimate of drug-likeness (QED) is 0.849. The smallest absolute Gasteiger partial charge is 0.407 e. The van der Waals surface area contributed by atoms with Crippen molar-refractivity contribution in [2.75, 3.05) is 59.3 Å². The molecule has 1 aromatic rings. The van der Waals surface area contributed by atoms with E-state index in [4.69, 9.17) is 18.9 Å². The van der Waals surface area contributed by atoms with Crippen molar-refractivity contribution in [2.45, 2.75) is 6.61 Å². The van der Waals surface area contributed by atoms with Gasteiger partial charge in [-0.3, -0.25) is 4.79 Å². The highest BCUT2D eigenvalue weighted by atomic mass is 16.6. The Morgan fingerprint density at radius 3 is 2.12 bits per heavy atom. The first-order valence-corrected chi connectivity index (χ1v) is 8.71. The van der Waals surface area contributed by atoms with Crippen LogP contribution in [0.1, 0.15) is 5.56 Å². The summed E-state index contributed by atoms with van der Waals surface area (Å²) in [5.74, 6) is -0.206. The van der Waals surface area contributed by atoms with Gasteiger partial charge in [-0.05, 0) is 5.56 Å². The first-order valence-electron chi connectivity index (χ1n) is 8.71. The predicted molar refractivity (Wildman–Crippen MR) is 93.7 cm³/mol. The molecular weight excluding hydrogens is 340 g/mol. The van der Waals surface area contributed by atoms with Crippen molar-refractivity contribution >= 4 is 12.0 Å². The second kappa shape index (κ2) is 12.2. The van der Waals surface area contributed by atoms with E-state index in [-0.39, 0.29) is 19.1 Å². The van der Waals surface area contributed by atoms with Crippen LogP contribution in [0.2, 0.25) is 0 Å². The maximum Gasteiger partial charge on any atom is 0.407 e. The van der Waals surface area contributed by atoms with Crippen LogP contribution in [0.4, 0.5) is 4.79 Å². The van der Waals surface area contributed by atoms with Crippen molar-refractivity contribution in [3.8, 4) is 0 Å². The molecule has 144 valence electrons. The molecule has 1 heterocycles. The van der Waals surface area contributed by atoms with Crippen molar-refractivity contribution in [1.82, 2.24) is 10.2 Å². The molecule has 1 saturated heterocycles. The van der Waals surface area contributed by atoms with Crippen LogP contribution in [0.5, 0.6) is 0 Å². The fraction of sp³-hybridized carbons (Fsp3) is 0.556. The fourth-order valence-electron chi connectivity index (χ4n) is 2.29. The third-order valence-electron chi connectivity index (χ3n) is 3.70. The summed E-state index contributed by atoms with van der Waals surface area (Å²) in [7, 11) is 0. The first-order chi connectivity index (χ1) is 12.8. The molecule has 0 unspecified atom stereocenters. The lowest BCUT2D eigenvalue weighted by molar-refractivity contribution is -0.132. The van der Waals surface area contributed by atoms with E-state index in [1.165, 1.54) is 0 Å². The van der Waals surface area contributed by atoms with Crippen LogP contribution in [0, 0.1) is 0 Å². The van der Waals surface area contributed by atoms with E-state index in [1.807, 2.05) is 30.3 Å². The van der Waals surface area contributed by atoms with Gasteiger partial charge in [-0.25, -0.2) is 4.79 Å². The third-order valence-corrected chi connectivity index (χ3v) is 3.70. The minimum atomic E-state index is -0.624. The van der Waals surface area contributed by atoms with Crippen LogP contribution < -0.4 is 5.32 Å². The van der Waals surface area contributed by atoms with Gasteiger partial charge >= 0.3 is 6.09 Å². The zero-order valence-corrected chi connectivity index (χ0v) is 14.9. The van der Waals surface area contributed by atoms with E-state index in [0.29, 0.717) is 52.7 Å². The Balaban J connectivity index is 1.70. The van der Waals surface area contributed by atoms with Gasteiger partial charge in [0.05, 0.1) is 39.6 Å². The Morgan fingerprint density at radius 1 is 0.923 bits per heavy atom. The van der Waals surface area contributed by atoms with Crippen molar-refractivity contribution in [2.24, 2.45) is 0 Å². The second-order valence-corrected chi connectivity index (χ2v) is 5.63. The average Bonchev–Trinajstić information content (AvgIpc) is 2.66. The predicted octanol–water partition coefficient (Wildman–Crippen LogP) is 0.805. The average molecular weight is 366 g/mol. The number of ether oxygens (including phenoxy) is 4. The number of rotatable bonds is 4. The number of hydrogen-bond acceptors (Lipinski definition) is 6. The molecule has 0 saturated carbocycles. The third kappa shape index (κ3) is 8.28. The maximum absolute atomic E-state index is 12.3. The maximum atomic E-state index is 12.3. The van der Waals surface area contributed by atoms with Crippen LogP contribution in [0.15, 0.2) is 30.3 Å². The van der Waals surface area contributed by atoms with Crippen LogP contribution in [-0.4, -0.2) is 76.2 Å². The highest BCUT2D eigenvalue weighted by Crippen LogP contribution is 2.00. The molecule has 8 nitrogen and oxygen atoms in total. The van der Waals surface area contributed by atoms with Crippen LogP contribution in [-0.2, 0) is 30.3 Å². The lowest BCUT2D eigenvalue weighted by Crippen LogP contribution is -2.43.